The quantitative estimate of drug-likeness (QED) is 0.915. The molecule has 108 valence electrons. The minimum absolute atomic E-state index is 0.128. The van der Waals surface area contributed by atoms with Gasteiger partial charge in [-0.1, -0.05) is 13.8 Å². The zero-order valence-corrected chi connectivity index (χ0v) is 12.4. The number of hydrogen-bond donors (Lipinski definition) is 1. The van der Waals surface area contributed by atoms with E-state index in [4.69, 9.17) is 0 Å². The molecule has 0 unspecified atom stereocenters. The predicted octanol–water partition coefficient (Wildman–Crippen LogP) is 2.75. The summed E-state index contributed by atoms with van der Waals surface area (Å²) in [5, 5.41) is 6.06. The second kappa shape index (κ2) is 5.94. The first-order valence-electron chi connectivity index (χ1n) is 5.69. The molecule has 1 N–H and O–H groups in total. The molecule has 0 aromatic carbocycles. The molecule has 0 radical (unpaired) electrons. The van der Waals surface area contributed by atoms with Gasteiger partial charge in [0.15, 0.2) is 5.69 Å². The average Bonchev–Trinajstić information content (AvgIpc) is 2.54. The molecule has 1 rings (SSSR count). The second-order valence-corrected chi connectivity index (χ2v) is 5.39. The summed E-state index contributed by atoms with van der Waals surface area (Å²) in [6, 6.07) is 0. The van der Waals surface area contributed by atoms with Crippen LogP contribution in [0.2, 0.25) is 0 Å². The van der Waals surface area contributed by atoms with Crippen molar-refractivity contribution in [2.45, 2.75) is 33.5 Å². The van der Waals surface area contributed by atoms with E-state index in [9.17, 15) is 18.0 Å². The van der Waals surface area contributed by atoms with Crippen LogP contribution in [0.4, 0.5) is 13.2 Å². The Morgan fingerprint density at radius 1 is 1.47 bits per heavy atom. The first-order valence-corrected chi connectivity index (χ1v) is 6.49. The van der Waals surface area contributed by atoms with Gasteiger partial charge in [0.05, 0.1) is 10.2 Å². The summed E-state index contributed by atoms with van der Waals surface area (Å²) in [5.41, 5.74) is -0.742. The minimum atomic E-state index is -4.54. The molecule has 0 atom stereocenters. The van der Waals surface area contributed by atoms with Crippen molar-refractivity contribution in [1.29, 1.82) is 0 Å². The maximum atomic E-state index is 12.6. The van der Waals surface area contributed by atoms with Crippen molar-refractivity contribution in [3.63, 3.8) is 0 Å². The van der Waals surface area contributed by atoms with Crippen LogP contribution in [0.3, 0.4) is 0 Å². The summed E-state index contributed by atoms with van der Waals surface area (Å²) < 4.78 is 38.8. The van der Waals surface area contributed by atoms with Crippen LogP contribution in [0.5, 0.6) is 0 Å². The molecule has 0 saturated heterocycles. The Bertz CT molecular complexity index is 468. The molecule has 8 heteroatoms. The third-order valence-electron chi connectivity index (χ3n) is 2.40. The Balaban J connectivity index is 2.83. The van der Waals surface area contributed by atoms with Gasteiger partial charge in [0.2, 0.25) is 5.91 Å². The number of amides is 1. The number of halogens is 4. The lowest BCUT2D eigenvalue weighted by molar-refractivity contribution is -0.142. The Hall–Kier alpha value is -1.05. The molecule has 4 nitrogen and oxygen atoms in total. The zero-order valence-electron chi connectivity index (χ0n) is 10.8. The number of hydrogen-bond acceptors (Lipinski definition) is 2. The molecule has 1 heterocycles. The van der Waals surface area contributed by atoms with Crippen LogP contribution < -0.4 is 5.32 Å². The van der Waals surface area contributed by atoms with Crippen molar-refractivity contribution in [1.82, 2.24) is 15.1 Å². The lowest BCUT2D eigenvalue weighted by Gasteiger charge is -2.08. The smallest absolute Gasteiger partial charge is 0.354 e. The van der Waals surface area contributed by atoms with Gasteiger partial charge in [-0.3, -0.25) is 9.48 Å². The highest BCUT2D eigenvalue weighted by Gasteiger charge is 2.38. The largest absolute Gasteiger partial charge is 0.436 e. The summed E-state index contributed by atoms with van der Waals surface area (Å²) in [5.74, 6) is -0.0827. The van der Waals surface area contributed by atoms with Gasteiger partial charge in [-0.2, -0.15) is 18.3 Å². The van der Waals surface area contributed by atoms with Gasteiger partial charge in [0, 0.05) is 6.54 Å². The van der Waals surface area contributed by atoms with Gasteiger partial charge in [0.1, 0.15) is 6.54 Å². The molecular formula is C11H15BrF3N3O. The fourth-order valence-corrected chi connectivity index (χ4v) is 1.88. The summed E-state index contributed by atoms with van der Waals surface area (Å²) in [6.45, 7) is 5.58. The number of carbonyl (C=O) groups excluding carboxylic acids is 1. The number of aromatic nitrogens is 2. The van der Waals surface area contributed by atoms with E-state index in [2.05, 4.69) is 26.3 Å². The first-order chi connectivity index (χ1) is 8.62. The molecule has 0 aliphatic heterocycles. The summed E-state index contributed by atoms with van der Waals surface area (Å²) >= 11 is 2.85. The maximum absolute atomic E-state index is 12.6. The van der Waals surface area contributed by atoms with E-state index in [-0.39, 0.29) is 28.5 Å². The molecule has 1 amide bonds. The Morgan fingerprint density at radius 2 is 2.05 bits per heavy atom. The standard InChI is InChI=1S/C11H15BrF3N3O/c1-6(2)4-16-8(19)5-18-7(3)9(12)10(17-18)11(13,14)15/h6H,4-5H2,1-3H3,(H,16,19). The van der Waals surface area contributed by atoms with Gasteiger partial charge in [-0.05, 0) is 28.8 Å². The fraction of sp³-hybridized carbons (Fsp3) is 0.636. The molecule has 0 aliphatic carbocycles. The van der Waals surface area contributed by atoms with E-state index in [0.717, 1.165) is 4.68 Å². The van der Waals surface area contributed by atoms with Crippen LogP contribution in [0.1, 0.15) is 25.2 Å². The molecule has 0 aliphatic rings. The highest BCUT2D eigenvalue weighted by Crippen LogP contribution is 2.35. The van der Waals surface area contributed by atoms with Crippen molar-refractivity contribution >= 4 is 21.8 Å². The molecule has 0 fully saturated rings. The molecule has 1 aromatic rings. The minimum Gasteiger partial charge on any atom is -0.354 e. The van der Waals surface area contributed by atoms with Crippen molar-refractivity contribution in [3.8, 4) is 0 Å². The van der Waals surface area contributed by atoms with E-state index in [1.807, 2.05) is 13.8 Å². The molecule has 0 spiro atoms. The first kappa shape index (κ1) is 16.0. The van der Waals surface area contributed by atoms with Crippen molar-refractivity contribution < 1.29 is 18.0 Å². The highest BCUT2D eigenvalue weighted by molar-refractivity contribution is 9.10. The van der Waals surface area contributed by atoms with Crippen LogP contribution >= 0.6 is 15.9 Å². The van der Waals surface area contributed by atoms with E-state index in [0.29, 0.717) is 6.54 Å². The van der Waals surface area contributed by atoms with Crippen LogP contribution in [-0.4, -0.2) is 22.2 Å². The van der Waals surface area contributed by atoms with E-state index in [1.54, 1.807) is 0 Å². The number of nitrogens with one attached hydrogen (secondary N) is 1. The zero-order chi connectivity index (χ0) is 14.8. The number of carbonyl (C=O) groups is 1. The van der Waals surface area contributed by atoms with Crippen LogP contribution in [-0.2, 0) is 17.5 Å². The Labute approximate surface area is 117 Å². The number of nitrogens with zero attached hydrogens (tertiary/aromatic N) is 2. The van der Waals surface area contributed by atoms with Gasteiger partial charge in [-0.15, -0.1) is 0 Å². The molecule has 19 heavy (non-hydrogen) atoms. The van der Waals surface area contributed by atoms with E-state index in [1.165, 1.54) is 6.92 Å². The number of rotatable bonds is 4. The molecule has 0 saturated carbocycles. The fourth-order valence-electron chi connectivity index (χ4n) is 1.37. The lowest BCUT2D eigenvalue weighted by atomic mass is 10.2. The Kier molecular flexibility index (Phi) is 5.00. The van der Waals surface area contributed by atoms with Crippen molar-refractivity contribution in [3.05, 3.63) is 15.9 Å². The third-order valence-corrected chi connectivity index (χ3v) is 3.35. The number of alkyl halides is 3. The second-order valence-electron chi connectivity index (χ2n) is 4.60. The Morgan fingerprint density at radius 3 is 2.47 bits per heavy atom. The normalized spacial score (nSPS) is 12.0. The van der Waals surface area contributed by atoms with Gasteiger partial charge < -0.3 is 5.32 Å². The lowest BCUT2D eigenvalue weighted by Crippen LogP contribution is -2.31. The summed E-state index contributed by atoms with van der Waals surface area (Å²) in [6.07, 6.45) is -4.54. The predicted molar refractivity (Wildman–Crippen MR) is 67.5 cm³/mol. The van der Waals surface area contributed by atoms with Crippen molar-refractivity contribution in [2.75, 3.05) is 6.54 Å². The maximum Gasteiger partial charge on any atom is 0.436 e. The average molecular weight is 342 g/mol. The molecule has 1 aromatic heterocycles. The van der Waals surface area contributed by atoms with Crippen LogP contribution in [0.25, 0.3) is 0 Å². The summed E-state index contributed by atoms with van der Waals surface area (Å²) in [7, 11) is 0. The summed E-state index contributed by atoms with van der Waals surface area (Å²) in [4.78, 5) is 11.6. The molecular weight excluding hydrogens is 327 g/mol. The van der Waals surface area contributed by atoms with Gasteiger partial charge in [0.25, 0.3) is 0 Å². The SMILES string of the molecule is Cc1c(Br)c(C(F)(F)F)nn1CC(=O)NCC(C)C. The van der Waals surface area contributed by atoms with Gasteiger partial charge >= 0.3 is 6.18 Å². The highest BCUT2D eigenvalue weighted by atomic mass is 79.9. The van der Waals surface area contributed by atoms with Crippen molar-refractivity contribution in [2.24, 2.45) is 5.92 Å². The van der Waals surface area contributed by atoms with Gasteiger partial charge in [-0.25, -0.2) is 0 Å². The van der Waals surface area contributed by atoms with E-state index >= 15 is 0 Å². The van der Waals surface area contributed by atoms with E-state index < -0.39 is 11.9 Å². The van der Waals surface area contributed by atoms with Crippen LogP contribution in [0, 0.1) is 12.8 Å². The molecule has 0 bridgehead atoms. The topological polar surface area (TPSA) is 46.9 Å². The van der Waals surface area contributed by atoms with Crippen LogP contribution in [0.15, 0.2) is 4.47 Å². The third kappa shape index (κ3) is 4.22. The monoisotopic (exact) mass is 341 g/mol.